The van der Waals surface area contributed by atoms with Crippen LogP contribution in [0.2, 0.25) is 5.02 Å². The minimum atomic E-state index is -0.468. The molecule has 21 heavy (non-hydrogen) atoms. The highest BCUT2D eigenvalue weighted by Gasteiger charge is 2.15. The minimum absolute atomic E-state index is 0.0580. The highest BCUT2D eigenvalue weighted by molar-refractivity contribution is 6.32. The predicted molar refractivity (Wildman–Crippen MR) is 78.8 cm³/mol. The molecule has 1 aromatic rings. The highest BCUT2D eigenvalue weighted by atomic mass is 35.5. The Kier molecular flexibility index (Phi) is 6.10. The lowest BCUT2D eigenvalue weighted by atomic mass is 10.2. The maximum Gasteiger partial charge on any atom is 0.243 e. The number of hydrogen-bond donors (Lipinski definition) is 2. The number of fused-ring (bicyclic) bond motifs is 1. The van der Waals surface area contributed by atoms with E-state index in [1.54, 1.807) is 0 Å². The Labute approximate surface area is 128 Å². The number of benzene rings is 1. The Morgan fingerprint density at radius 1 is 1.38 bits per heavy atom. The number of nitrogens with one attached hydrogen (secondary N) is 1. The number of carbonyl (C=O) groups is 1. The van der Waals surface area contributed by atoms with Gasteiger partial charge in [-0.3, -0.25) is 4.79 Å². The highest BCUT2D eigenvalue weighted by Crippen LogP contribution is 2.37. The zero-order chi connectivity index (χ0) is 15.1. The van der Waals surface area contributed by atoms with Crippen LogP contribution in [0.25, 0.3) is 0 Å². The van der Waals surface area contributed by atoms with E-state index in [1.807, 2.05) is 12.1 Å². The van der Waals surface area contributed by atoms with Crippen LogP contribution in [0.3, 0.4) is 0 Å². The van der Waals surface area contributed by atoms with Crippen molar-refractivity contribution in [1.29, 1.82) is 0 Å². The summed E-state index contributed by atoms with van der Waals surface area (Å²) in [6.45, 7) is 2.83. The summed E-state index contributed by atoms with van der Waals surface area (Å²) >= 11 is 6.21. The van der Waals surface area contributed by atoms with Crippen LogP contribution >= 0.6 is 11.6 Å². The molecule has 1 amide bonds. The molecule has 1 aromatic carbocycles. The van der Waals surface area contributed by atoms with Gasteiger partial charge in [0.2, 0.25) is 5.91 Å². The van der Waals surface area contributed by atoms with Gasteiger partial charge in [0.15, 0.2) is 11.5 Å². The molecule has 2 rings (SSSR count). The third kappa shape index (κ3) is 5.08. The molecule has 3 N–H and O–H groups in total. The van der Waals surface area contributed by atoms with Crippen LogP contribution in [0.5, 0.6) is 11.5 Å². The van der Waals surface area contributed by atoms with E-state index in [-0.39, 0.29) is 6.61 Å². The van der Waals surface area contributed by atoms with E-state index < -0.39 is 5.91 Å². The summed E-state index contributed by atoms with van der Waals surface area (Å²) < 4.78 is 16.3. The van der Waals surface area contributed by atoms with Crippen molar-refractivity contribution in [3.63, 3.8) is 0 Å². The first-order valence-corrected chi connectivity index (χ1v) is 7.19. The van der Waals surface area contributed by atoms with Crippen LogP contribution in [-0.2, 0) is 16.1 Å². The van der Waals surface area contributed by atoms with Gasteiger partial charge >= 0.3 is 0 Å². The Balaban J connectivity index is 1.82. The summed E-state index contributed by atoms with van der Waals surface area (Å²) in [5.41, 5.74) is 5.97. The molecule has 6 nitrogen and oxygen atoms in total. The van der Waals surface area contributed by atoms with Crippen LogP contribution in [0.1, 0.15) is 12.0 Å². The molecule has 0 spiro atoms. The van der Waals surface area contributed by atoms with Crippen LogP contribution in [0, 0.1) is 0 Å². The average molecular weight is 315 g/mol. The van der Waals surface area contributed by atoms with Crippen LogP contribution in [-0.4, -0.2) is 38.9 Å². The number of halogens is 1. The molecule has 7 heteroatoms. The summed E-state index contributed by atoms with van der Waals surface area (Å²) in [6.07, 6.45) is 0.843. The van der Waals surface area contributed by atoms with Crippen molar-refractivity contribution >= 4 is 17.5 Å². The lowest BCUT2D eigenvalue weighted by Crippen LogP contribution is -2.23. The second kappa shape index (κ2) is 8.07. The van der Waals surface area contributed by atoms with Crippen molar-refractivity contribution < 1.29 is 19.0 Å². The number of ether oxygens (including phenoxy) is 3. The van der Waals surface area contributed by atoms with Crippen molar-refractivity contribution in [3.8, 4) is 11.5 Å². The fourth-order valence-electron chi connectivity index (χ4n) is 1.94. The van der Waals surface area contributed by atoms with Crippen LogP contribution in [0.15, 0.2) is 12.1 Å². The second-order valence-electron chi connectivity index (χ2n) is 4.65. The molecule has 0 saturated carbocycles. The van der Waals surface area contributed by atoms with Crippen molar-refractivity contribution in [3.05, 3.63) is 22.7 Å². The van der Waals surface area contributed by atoms with E-state index in [4.69, 9.17) is 31.5 Å². The zero-order valence-corrected chi connectivity index (χ0v) is 12.4. The number of carbonyl (C=O) groups excluding carboxylic acids is 1. The fraction of sp³-hybridized carbons (Fsp3) is 0.500. The van der Waals surface area contributed by atoms with Gasteiger partial charge in [0.25, 0.3) is 0 Å². The van der Waals surface area contributed by atoms with Gasteiger partial charge in [0, 0.05) is 19.5 Å². The molecular weight excluding hydrogens is 296 g/mol. The standard InChI is InChI=1S/C14H19ClN2O4/c15-11-6-10(8-17-2-5-19-9-13(16)18)7-12-14(11)21-4-1-3-20-12/h6-7,17H,1-5,8-9H2,(H2,16,18). The predicted octanol–water partition coefficient (Wildman–Crippen LogP) is 1.09. The first-order chi connectivity index (χ1) is 10.2. The second-order valence-corrected chi connectivity index (χ2v) is 5.06. The Morgan fingerprint density at radius 2 is 2.19 bits per heavy atom. The molecule has 0 bridgehead atoms. The van der Waals surface area contributed by atoms with Gasteiger partial charge < -0.3 is 25.3 Å². The van der Waals surface area contributed by atoms with Gasteiger partial charge in [-0.05, 0) is 17.7 Å². The maximum absolute atomic E-state index is 10.5. The number of hydrogen-bond acceptors (Lipinski definition) is 5. The molecule has 0 atom stereocenters. The zero-order valence-electron chi connectivity index (χ0n) is 11.7. The summed E-state index contributed by atoms with van der Waals surface area (Å²) in [4.78, 5) is 10.5. The van der Waals surface area contributed by atoms with Crippen LogP contribution < -0.4 is 20.5 Å². The Bertz CT molecular complexity index is 496. The van der Waals surface area contributed by atoms with Crippen molar-refractivity contribution in [2.45, 2.75) is 13.0 Å². The van der Waals surface area contributed by atoms with Crippen molar-refractivity contribution in [2.75, 3.05) is 33.0 Å². The molecule has 0 aromatic heterocycles. The lowest BCUT2D eigenvalue weighted by Gasteiger charge is -2.12. The first-order valence-electron chi connectivity index (χ1n) is 6.81. The van der Waals surface area contributed by atoms with Gasteiger partial charge in [-0.15, -0.1) is 0 Å². The van der Waals surface area contributed by atoms with Gasteiger partial charge in [-0.1, -0.05) is 11.6 Å². The van der Waals surface area contributed by atoms with E-state index in [1.165, 1.54) is 0 Å². The normalized spacial score (nSPS) is 13.8. The average Bonchev–Trinajstić information content (AvgIpc) is 2.68. The fourth-order valence-corrected chi connectivity index (χ4v) is 2.22. The number of amides is 1. The molecule has 1 aliphatic heterocycles. The summed E-state index contributed by atoms with van der Waals surface area (Å²) in [7, 11) is 0. The number of rotatable bonds is 7. The van der Waals surface area contributed by atoms with E-state index in [9.17, 15) is 4.79 Å². The Morgan fingerprint density at radius 3 is 3.00 bits per heavy atom. The molecule has 0 aliphatic carbocycles. The monoisotopic (exact) mass is 314 g/mol. The van der Waals surface area contributed by atoms with E-state index in [0.717, 1.165) is 12.0 Å². The summed E-state index contributed by atoms with van der Waals surface area (Å²) in [5, 5.41) is 3.74. The first kappa shape index (κ1) is 15.9. The minimum Gasteiger partial charge on any atom is -0.489 e. The lowest BCUT2D eigenvalue weighted by molar-refractivity contribution is -0.122. The number of primary amides is 1. The third-order valence-corrected chi connectivity index (χ3v) is 3.14. The molecular formula is C14H19ClN2O4. The van der Waals surface area contributed by atoms with E-state index in [2.05, 4.69) is 5.32 Å². The quantitative estimate of drug-likeness (QED) is 0.736. The summed E-state index contributed by atoms with van der Waals surface area (Å²) in [5.74, 6) is 0.828. The van der Waals surface area contributed by atoms with Gasteiger partial charge in [-0.2, -0.15) is 0 Å². The third-order valence-electron chi connectivity index (χ3n) is 2.86. The summed E-state index contributed by atoms with van der Waals surface area (Å²) in [6, 6.07) is 3.77. The Hall–Kier alpha value is -1.50. The topological polar surface area (TPSA) is 82.8 Å². The van der Waals surface area contributed by atoms with E-state index >= 15 is 0 Å². The molecule has 0 radical (unpaired) electrons. The van der Waals surface area contributed by atoms with Crippen molar-refractivity contribution in [2.24, 2.45) is 5.73 Å². The number of nitrogens with two attached hydrogens (primary N) is 1. The van der Waals surface area contributed by atoms with Gasteiger partial charge in [0.1, 0.15) is 6.61 Å². The maximum atomic E-state index is 10.5. The van der Waals surface area contributed by atoms with Crippen molar-refractivity contribution in [1.82, 2.24) is 5.32 Å². The van der Waals surface area contributed by atoms with Gasteiger partial charge in [-0.25, -0.2) is 0 Å². The molecule has 1 heterocycles. The SMILES string of the molecule is NC(=O)COCCNCc1cc(Cl)c2c(c1)OCCCO2. The molecule has 0 unspecified atom stereocenters. The smallest absolute Gasteiger partial charge is 0.243 e. The molecule has 0 fully saturated rings. The van der Waals surface area contributed by atoms with Gasteiger partial charge in [0.05, 0.1) is 24.8 Å². The molecule has 1 aliphatic rings. The van der Waals surface area contributed by atoms with Crippen LogP contribution in [0.4, 0.5) is 0 Å². The largest absolute Gasteiger partial charge is 0.489 e. The molecule has 116 valence electrons. The molecule has 0 saturated heterocycles. The van der Waals surface area contributed by atoms with E-state index in [0.29, 0.717) is 49.4 Å².